The number of carbonyl (C=O) groups is 1. The number of aromatic nitrogens is 1. The fraction of sp³-hybridized carbons (Fsp3) is 0.200. The predicted molar refractivity (Wildman–Crippen MR) is 76.1 cm³/mol. The molecule has 0 spiro atoms. The molecule has 4 nitrogen and oxygen atoms in total. The molecular formula is C15H14ClNO3. The highest BCUT2D eigenvalue weighted by atomic mass is 35.5. The molecule has 0 aliphatic rings. The van der Waals surface area contributed by atoms with Gasteiger partial charge in [-0.15, -0.1) is 0 Å². The third kappa shape index (κ3) is 3.27. The van der Waals surface area contributed by atoms with Gasteiger partial charge in [0.15, 0.2) is 0 Å². The molecule has 0 fully saturated rings. The van der Waals surface area contributed by atoms with E-state index in [1.165, 1.54) is 7.11 Å². The first-order valence-corrected chi connectivity index (χ1v) is 6.40. The summed E-state index contributed by atoms with van der Waals surface area (Å²) in [7, 11) is 1.32. The van der Waals surface area contributed by atoms with Crippen molar-refractivity contribution in [3.63, 3.8) is 0 Å². The number of halogens is 1. The van der Waals surface area contributed by atoms with E-state index < -0.39 is 5.97 Å². The second kappa shape index (κ2) is 6.39. The first-order chi connectivity index (χ1) is 9.61. The quantitative estimate of drug-likeness (QED) is 0.810. The zero-order valence-corrected chi connectivity index (χ0v) is 12.0. The zero-order chi connectivity index (χ0) is 14.5. The first kappa shape index (κ1) is 14.3. The van der Waals surface area contributed by atoms with Gasteiger partial charge in [0.05, 0.1) is 12.8 Å². The fourth-order valence-electron chi connectivity index (χ4n) is 1.71. The Kier molecular flexibility index (Phi) is 4.58. The van der Waals surface area contributed by atoms with Crippen LogP contribution in [0.5, 0.6) is 5.75 Å². The SMILES string of the molecule is COC(=O)c1ccc(Cl)cc1OCc1ncccc1C. The number of nitrogens with zero attached hydrogens (tertiary/aromatic N) is 1. The summed E-state index contributed by atoms with van der Waals surface area (Å²) in [6.07, 6.45) is 1.70. The molecule has 2 rings (SSSR count). The summed E-state index contributed by atoms with van der Waals surface area (Å²) in [5.74, 6) is -0.0798. The first-order valence-electron chi connectivity index (χ1n) is 6.03. The van der Waals surface area contributed by atoms with Crippen LogP contribution >= 0.6 is 11.6 Å². The van der Waals surface area contributed by atoms with Crippen molar-refractivity contribution in [2.75, 3.05) is 7.11 Å². The van der Waals surface area contributed by atoms with Crippen LogP contribution in [0.15, 0.2) is 36.5 Å². The summed E-state index contributed by atoms with van der Waals surface area (Å²) in [5, 5.41) is 0.491. The summed E-state index contributed by atoms with van der Waals surface area (Å²) in [4.78, 5) is 15.9. The molecule has 104 valence electrons. The number of esters is 1. The second-order valence-electron chi connectivity index (χ2n) is 4.19. The highest BCUT2D eigenvalue weighted by molar-refractivity contribution is 6.30. The van der Waals surface area contributed by atoms with Gasteiger partial charge in [0, 0.05) is 11.2 Å². The van der Waals surface area contributed by atoms with Crippen LogP contribution in [-0.4, -0.2) is 18.1 Å². The lowest BCUT2D eigenvalue weighted by Gasteiger charge is -2.11. The lowest BCUT2D eigenvalue weighted by Crippen LogP contribution is -2.07. The van der Waals surface area contributed by atoms with E-state index in [0.29, 0.717) is 16.3 Å². The van der Waals surface area contributed by atoms with Gasteiger partial charge in [0.25, 0.3) is 0 Å². The second-order valence-corrected chi connectivity index (χ2v) is 4.62. The number of methoxy groups -OCH3 is 1. The smallest absolute Gasteiger partial charge is 0.341 e. The molecule has 0 saturated carbocycles. The van der Waals surface area contributed by atoms with Crippen LogP contribution in [0, 0.1) is 6.92 Å². The average Bonchev–Trinajstić information content (AvgIpc) is 2.46. The Balaban J connectivity index is 2.22. The number of aryl methyl sites for hydroxylation is 1. The molecular weight excluding hydrogens is 278 g/mol. The third-order valence-electron chi connectivity index (χ3n) is 2.83. The molecule has 20 heavy (non-hydrogen) atoms. The summed E-state index contributed by atoms with van der Waals surface area (Å²) >= 11 is 5.93. The molecule has 0 radical (unpaired) electrons. The molecule has 0 saturated heterocycles. The number of ether oxygens (including phenoxy) is 2. The van der Waals surface area contributed by atoms with E-state index in [0.717, 1.165) is 11.3 Å². The Bertz CT molecular complexity index is 628. The minimum absolute atomic E-state index is 0.261. The van der Waals surface area contributed by atoms with Gasteiger partial charge >= 0.3 is 5.97 Å². The van der Waals surface area contributed by atoms with Crippen molar-refractivity contribution in [1.82, 2.24) is 4.98 Å². The van der Waals surface area contributed by atoms with Crippen molar-refractivity contribution in [3.8, 4) is 5.75 Å². The summed E-state index contributed by atoms with van der Waals surface area (Å²) in [5.41, 5.74) is 2.17. The van der Waals surface area contributed by atoms with Crippen molar-refractivity contribution >= 4 is 17.6 Å². The van der Waals surface area contributed by atoms with E-state index in [9.17, 15) is 4.79 Å². The summed E-state index contributed by atoms with van der Waals surface area (Å²) in [6.45, 7) is 2.21. The van der Waals surface area contributed by atoms with Crippen LogP contribution < -0.4 is 4.74 Å². The molecule has 0 N–H and O–H groups in total. The largest absolute Gasteiger partial charge is 0.486 e. The van der Waals surface area contributed by atoms with E-state index >= 15 is 0 Å². The van der Waals surface area contributed by atoms with Crippen molar-refractivity contribution in [2.45, 2.75) is 13.5 Å². The maximum atomic E-state index is 11.7. The van der Waals surface area contributed by atoms with Gasteiger partial charge < -0.3 is 9.47 Å². The van der Waals surface area contributed by atoms with Gasteiger partial charge in [-0.2, -0.15) is 0 Å². The van der Waals surface area contributed by atoms with Crippen molar-refractivity contribution < 1.29 is 14.3 Å². The highest BCUT2D eigenvalue weighted by Gasteiger charge is 2.14. The number of hydrogen-bond donors (Lipinski definition) is 0. The molecule has 0 unspecified atom stereocenters. The van der Waals surface area contributed by atoms with E-state index in [2.05, 4.69) is 4.98 Å². The van der Waals surface area contributed by atoms with Crippen LogP contribution in [0.4, 0.5) is 0 Å². The van der Waals surface area contributed by atoms with Gasteiger partial charge in [-0.05, 0) is 36.8 Å². The van der Waals surface area contributed by atoms with E-state index in [-0.39, 0.29) is 6.61 Å². The molecule has 0 aliphatic carbocycles. The summed E-state index contributed by atoms with van der Waals surface area (Å²) < 4.78 is 10.4. The van der Waals surface area contributed by atoms with Crippen LogP contribution in [0.25, 0.3) is 0 Å². The average molecular weight is 292 g/mol. The number of carbonyl (C=O) groups excluding carboxylic acids is 1. The summed E-state index contributed by atoms with van der Waals surface area (Å²) in [6, 6.07) is 8.59. The number of hydrogen-bond acceptors (Lipinski definition) is 4. The Hall–Kier alpha value is -2.07. The third-order valence-corrected chi connectivity index (χ3v) is 3.07. The van der Waals surface area contributed by atoms with Crippen molar-refractivity contribution in [2.24, 2.45) is 0 Å². The van der Waals surface area contributed by atoms with Gasteiger partial charge in [-0.25, -0.2) is 4.79 Å². The topological polar surface area (TPSA) is 48.4 Å². The molecule has 1 heterocycles. The monoisotopic (exact) mass is 291 g/mol. The Labute approximate surface area is 122 Å². The molecule has 0 amide bonds. The van der Waals surface area contributed by atoms with Crippen molar-refractivity contribution in [1.29, 1.82) is 0 Å². The lowest BCUT2D eigenvalue weighted by atomic mass is 10.2. The van der Waals surface area contributed by atoms with E-state index in [4.69, 9.17) is 21.1 Å². The number of pyridine rings is 1. The molecule has 1 aromatic heterocycles. The molecule has 2 aromatic rings. The minimum Gasteiger partial charge on any atom is -0.486 e. The normalized spacial score (nSPS) is 10.2. The van der Waals surface area contributed by atoms with Gasteiger partial charge in [0.2, 0.25) is 0 Å². The lowest BCUT2D eigenvalue weighted by molar-refractivity contribution is 0.0595. The molecule has 5 heteroatoms. The van der Waals surface area contributed by atoms with Gasteiger partial charge in [-0.1, -0.05) is 17.7 Å². The Morgan fingerprint density at radius 2 is 2.15 bits per heavy atom. The van der Waals surface area contributed by atoms with Crippen LogP contribution in [0.1, 0.15) is 21.6 Å². The fourth-order valence-corrected chi connectivity index (χ4v) is 1.87. The minimum atomic E-state index is -0.464. The highest BCUT2D eigenvalue weighted by Crippen LogP contribution is 2.25. The van der Waals surface area contributed by atoms with Crippen LogP contribution in [0.3, 0.4) is 0 Å². The number of benzene rings is 1. The maximum absolute atomic E-state index is 11.7. The van der Waals surface area contributed by atoms with E-state index in [1.54, 1.807) is 24.4 Å². The molecule has 0 atom stereocenters. The Morgan fingerprint density at radius 3 is 2.85 bits per heavy atom. The predicted octanol–water partition coefficient (Wildman–Crippen LogP) is 3.41. The standard InChI is InChI=1S/C15H14ClNO3/c1-10-4-3-7-17-13(10)9-20-14-8-11(16)5-6-12(14)15(18)19-2/h3-8H,9H2,1-2H3. The zero-order valence-electron chi connectivity index (χ0n) is 11.2. The number of rotatable bonds is 4. The Morgan fingerprint density at radius 1 is 1.35 bits per heavy atom. The van der Waals surface area contributed by atoms with Crippen LogP contribution in [-0.2, 0) is 11.3 Å². The maximum Gasteiger partial charge on any atom is 0.341 e. The molecule has 0 bridgehead atoms. The van der Waals surface area contributed by atoms with Crippen LogP contribution in [0.2, 0.25) is 5.02 Å². The van der Waals surface area contributed by atoms with E-state index in [1.807, 2.05) is 19.1 Å². The molecule has 0 aliphatic heterocycles. The molecule has 1 aromatic carbocycles. The van der Waals surface area contributed by atoms with Gasteiger partial charge in [0.1, 0.15) is 17.9 Å². The van der Waals surface area contributed by atoms with Gasteiger partial charge in [-0.3, -0.25) is 4.98 Å². The van der Waals surface area contributed by atoms with Crippen molar-refractivity contribution in [3.05, 3.63) is 58.4 Å².